The summed E-state index contributed by atoms with van der Waals surface area (Å²) in [4.78, 5) is 14.8. The monoisotopic (exact) mass is 254 g/mol. The van der Waals surface area contributed by atoms with Crippen molar-refractivity contribution in [3.8, 4) is 6.07 Å². The number of nitriles is 1. The van der Waals surface area contributed by atoms with E-state index >= 15 is 0 Å². The quantitative estimate of drug-likeness (QED) is 0.838. The van der Waals surface area contributed by atoms with Crippen LogP contribution in [-0.4, -0.2) is 18.1 Å². The number of aromatic nitrogens is 1. The average molecular weight is 254 g/mol. The Morgan fingerprint density at radius 1 is 1.47 bits per heavy atom. The van der Waals surface area contributed by atoms with Gasteiger partial charge in [-0.15, -0.1) is 0 Å². The van der Waals surface area contributed by atoms with Crippen molar-refractivity contribution in [2.45, 2.75) is 24.7 Å². The lowest BCUT2D eigenvalue weighted by Gasteiger charge is -2.35. The van der Waals surface area contributed by atoms with Gasteiger partial charge in [0.2, 0.25) is 0 Å². The molecule has 3 rings (SSSR count). The maximum atomic E-state index is 11.6. The van der Waals surface area contributed by atoms with Crippen LogP contribution in [0.1, 0.15) is 35.2 Å². The molecule has 1 N–H and O–H groups in total. The first kappa shape index (κ1) is 11.8. The number of carbonyl (C=O) groups is 1. The molecule has 2 aromatic rings. The topological polar surface area (TPSA) is 65.9 Å². The summed E-state index contributed by atoms with van der Waals surface area (Å²) in [6.45, 7) is 0. The van der Waals surface area contributed by atoms with Gasteiger partial charge in [0.05, 0.1) is 24.2 Å². The van der Waals surface area contributed by atoms with Crippen LogP contribution in [0.3, 0.4) is 0 Å². The van der Waals surface area contributed by atoms with Gasteiger partial charge in [0.1, 0.15) is 0 Å². The fourth-order valence-corrected chi connectivity index (χ4v) is 2.73. The predicted octanol–water partition coefficient (Wildman–Crippen LogP) is 2.90. The summed E-state index contributed by atoms with van der Waals surface area (Å²) in [7, 11) is 1.37. The van der Waals surface area contributed by atoms with Crippen molar-refractivity contribution >= 4 is 16.9 Å². The minimum atomic E-state index is -0.382. The largest absolute Gasteiger partial charge is 0.465 e. The minimum Gasteiger partial charge on any atom is -0.465 e. The normalized spacial score (nSPS) is 16.6. The molecular formula is C15H14N2O2. The van der Waals surface area contributed by atoms with Crippen LogP contribution in [0, 0.1) is 11.3 Å². The zero-order chi connectivity index (χ0) is 13.5. The van der Waals surface area contributed by atoms with E-state index in [1.54, 1.807) is 6.07 Å². The molecule has 96 valence electrons. The molecule has 19 heavy (non-hydrogen) atoms. The van der Waals surface area contributed by atoms with Crippen LogP contribution in [0.5, 0.6) is 0 Å². The van der Waals surface area contributed by atoms with Crippen LogP contribution in [-0.2, 0) is 10.2 Å². The van der Waals surface area contributed by atoms with Gasteiger partial charge in [-0.05, 0) is 43.0 Å². The Kier molecular flexibility index (Phi) is 2.56. The number of esters is 1. The number of ether oxygens (including phenoxy) is 1. The van der Waals surface area contributed by atoms with Crippen molar-refractivity contribution in [3.63, 3.8) is 0 Å². The fourth-order valence-electron chi connectivity index (χ4n) is 2.73. The van der Waals surface area contributed by atoms with Crippen LogP contribution >= 0.6 is 0 Å². The van der Waals surface area contributed by atoms with Crippen LogP contribution in [0.15, 0.2) is 24.4 Å². The Morgan fingerprint density at radius 2 is 2.26 bits per heavy atom. The van der Waals surface area contributed by atoms with Crippen molar-refractivity contribution in [2.24, 2.45) is 0 Å². The van der Waals surface area contributed by atoms with Gasteiger partial charge in [-0.2, -0.15) is 5.26 Å². The van der Waals surface area contributed by atoms with Crippen molar-refractivity contribution in [3.05, 3.63) is 35.5 Å². The molecular weight excluding hydrogens is 240 g/mol. The molecule has 4 nitrogen and oxygen atoms in total. The maximum Gasteiger partial charge on any atom is 0.337 e. The minimum absolute atomic E-state index is 0.353. The second-order valence-corrected chi connectivity index (χ2v) is 5.00. The third-order valence-electron chi connectivity index (χ3n) is 4.04. The van der Waals surface area contributed by atoms with E-state index in [1.807, 2.05) is 18.3 Å². The van der Waals surface area contributed by atoms with E-state index in [9.17, 15) is 10.1 Å². The predicted molar refractivity (Wildman–Crippen MR) is 70.8 cm³/mol. The molecule has 0 unspecified atom stereocenters. The summed E-state index contributed by atoms with van der Waals surface area (Å²) in [5, 5.41) is 10.4. The van der Waals surface area contributed by atoms with E-state index < -0.39 is 0 Å². The summed E-state index contributed by atoms with van der Waals surface area (Å²) in [5.74, 6) is -0.353. The Bertz CT molecular complexity index is 690. The molecule has 0 aliphatic heterocycles. The Labute approximate surface area is 111 Å². The molecule has 0 radical (unpaired) electrons. The molecule has 1 heterocycles. The van der Waals surface area contributed by atoms with Gasteiger partial charge in [-0.1, -0.05) is 0 Å². The molecule has 0 atom stereocenters. The zero-order valence-electron chi connectivity index (χ0n) is 10.7. The van der Waals surface area contributed by atoms with E-state index in [-0.39, 0.29) is 11.4 Å². The Morgan fingerprint density at radius 3 is 2.84 bits per heavy atom. The van der Waals surface area contributed by atoms with Gasteiger partial charge in [0.15, 0.2) is 0 Å². The first-order valence-corrected chi connectivity index (χ1v) is 6.31. The van der Waals surface area contributed by atoms with Crippen LogP contribution in [0.2, 0.25) is 0 Å². The van der Waals surface area contributed by atoms with Gasteiger partial charge < -0.3 is 9.72 Å². The van der Waals surface area contributed by atoms with E-state index in [2.05, 4.69) is 11.1 Å². The van der Waals surface area contributed by atoms with Crippen LogP contribution in [0.25, 0.3) is 10.9 Å². The summed E-state index contributed by atoms with van der Waals surface area (Å²) < 4.78 is 4.74. The van der Waals surface area contributed by atoms with Gasteiger partial charge >= 0.3 is 5.97 Å². The lowest BCUT2D eigenvalue weighted by Crippen LogP contribution is -2.32. The van der Waals surface area contributed by atoms with E-state index in [0.717, 1.165) is 35.7 Å². The van der Waals surface area contributed by atoms with Gasteiger partial charge in [-0.3, -0.25) is 0 Å². The maximum absolute atomic E-state index is 11.6. The van der Waals surface area contributed by atoms with E-state index in [0.29, 0.717) is 5.56 Å². The molecule has 1 aromatic carbocycles. The third-order valence-corrected chi connectivity index (χ3v) is 4.04. The van der Waals surface area contributed by atoms with E-state index in [4.69, 9.17) is 4.74 Å². The highest BCUT2D eigenvalue weighted by molar-refractivity contribution is 5.96. The number of aromatic amines is 1. The number of hydrogen-bond acceptors (Lipinski definition) is 3. The number of H-pyrrole nitrogens is 1. The zero-order valence-corrected chi connectivity index (χ0v) is 10.7. The standard InChI is InChI=1S/C15H14N2O2/c1-19-14(18)10-3-4-13-11(7-10)12(8-17-13)15(9-16)5-2-6-15/h3-4,7-8,17H,2,5-6H2,1H3. The molecule has 1 saturated carbocycles. The van der Waals surface area contributed by atoms with Gasteiger partial charge in [0.25, 0.3) is 0 Å². The molecule has 1 aliphatic carbocycles. The van der Waals surface area contributed by atoms with Gasteiger partial charge in [-0.25, -0.2) is 4.79 Å². The summed E-state index contributed by atoms with van der Waals surface area (Å²) in [5.41, 5.74) is 2.09. The SMILES string of the molecule is COC(=O)c1ccc2[nH]cc(C3(C#N)CCC3)c2c1. The molecule has 1 aliphatic rings. The van der Waals surface area contributed by atoms with Crippen LogP contribution < -0.4 is 0 Å². The van der Waals surface area contributed by atoms with Gasteiger partial charge in [0, 0.05) is 17.1 Å². The number of nitrogens with one attached hydrogen (secondary N) is 1. The number of methoxy groups -OCH3 is 1. The number of fused-ring (bicyclic) bond motifs is 1. The Balaban J connectivity index is 2.16. The molecule has 4 heteroatoms. The average Bonchev–Trinajstić information content (AvgIpc) is 2.81. The number of nitrogens with zero attached hydrogens (tertiary/aromatic N) is 1. The number of benzene rings is 1. The second kappa shape index (κ2) is 4.13. The van der Waals surface area contributed by atoms with E-state index in [1.165, 1.54) is 7.11 Å². The second-order valence-electron chi connectivity index (χ2n) is 5.00. The Hall–Kier alpha value is -2.28. The summed E-state index contributed by atoms with van der Waals surface area (Å²) >= 11 is 0. The molecule has 1 fully saturated rings. The lowest BCUT2D eigenvalue weighted by atomic mass is 9.65. The number of rotatable bonds is 2. The summed E-state index contributed by atoms with van der Waals surface area (Å²) in [6, 6.07) is 7.83. The molecule has 0 amide bonds. The molecule has 0 bridgehead atoms. The van der Waals surface area contributed by atoms with Crippen molar-refractivity contribution in [1.29, 1.82) is 5.26 Å². The highest BCUT2D eigenvalue weighted by Gasteiger charge is 2.40. The molecule has 1 aromatic heterocycles. The third kappa shape index (κ3) is 1.62. The van der Waals surface area contributed by atoms with Crippen molar-refractivity contribution < 1.29 is 9.53 Å². The number of carbonyl (C=O) groups excluding carboxylic acids is 1. The van der Waals surface area contributed by atoms with Crippen molar-refractivity contribution in [2.75, 3.05) is 7.11 Å². The molecule has 0 spiro atoms. The highest BCUT2D eigenvalue weighted by Crippen LogP contribution is 2.45. The first-order valence-electron chi connectivity index (χ1n) is 6.31. The number of hydrogen-bond donors (Lipinski definition) is 1. The van der Waals surface area contributed by atoms with Crippen molar-refractivity contribution in [1.82, 2.24) is 4.98 Å². The lowest BCUT2D eigenvalue weighted by molar-refractivity contribution is 0.0601. The summed E-state index contributed by atoms with van der Waals surface area (Å²) in [6.07, 6.45) is 4.75. The van der Waals surface area contributed by atoms with Crippen LogP contribution in [0.4, 0.5) is 0 Å². The first-order chi connectivity index (χ1) is 9.20. The smallest absolute Gasteiger partial charge is 0.337 e. The molecule has 0 saturated heterocycles. The highest BCUT2D eigenvalue weighted by atomic mass is 16.5. The fraction of sp³-hybridized carbons (Fsp3) is 0.333.